The molecule has 0 atom stereocenters. The second-order valence-corrected chi connectivity index (χ2v) is 4.27. The molecule has 3 aromatic rings. The first-order valence-corrected chi connectivity index (χ1v) is 6.09. The zero-order valence-corrected chi connectivity index (χ0v) is 10.6. The van der Waals surface area contributed by atoms with Gasteiger partial charge < -0.3 is 10.2 Å². The highest BCUT2D eigenvalue weighted by atomic mass is 16.3. The van der Waals surface area contributed by atoms with Gasteiger partial charge in [0.25, 0.3) is 0 Å². The zero-order chi connectivity index (χ0) is 13.9. The van der Waals surface area contributed by atoms with E-state index in [2.05, 4.69) is 11.1 Å². The van der Waals surface area contributed by atoms with E-state index in [1.54, 1.807) is 18.4 Å². The number of aromatic nitrogens is 1. The minimum Gasteiger partial charge on any atom is -0.463 e. The maximum absolute atomic E-state index is 9.12. The Kier molecular flexibility index (Phi) is 2.94. The third-order valence-corrected chi connectivity index (χ3v) is 3.01. The van der Waals surface area contributed by atoms with Crippen LogP contribution in [0.5, 0.6) is 0 Å². The highest BCUT2D eigenvalue weighted by Crippen LogP contribution is 2.33. The summed E-state index contributed by atoms with van der Waals surface area (Å²) in [7, 11) is 0. The standard InChI is InChI=1S/C16H11N3O/c17-10-12-9-13(11-5-2-1-3-6-11)15(19-16(12)18)14-7-4-8-20-14/h1-9H,(H2,18,19). The molecule has 2 aromatic heterocycles. The summed E-state index contributed by atoms with van der Waals surface area (Å²) in [6, 6.07) is 17.1. The molecule has 0 bridgehead atoms. The molecule has 0 amide bonds. The summed E-state index contributed by atoms with van der Waals surface area (Å²) in [6.07, 6.45) is 1.58. The van der Waals surface area contributed by atoms with Gasteiger partial charge in [-0.05, 0) is 23.8 Å². The molecule has 0 spiro atoms. The fraction of sp³-hybridized carbons (Fsp3) is 0. The van der Waals surface area contributed by atoms with E-state index in [0.717, 1.165) is 11.1 Å². The van der Waals surface area contributed by atoms with Gasteiger partial charge in [0.1, 0.15) is 17.6 Å². The van der Waals surface area contributed by atoms with E-state index < -0.39 is 0 Å². The minimum absolute atomic E-state index is 0.207. The summed E-state index contributed by atoms with van der Waals surface area (Å²) in [5.41, 5.74) is 8.59. The van der Waals surface area contributed by atoms with Crippen LogP contribution in [0.2, 0.25) is 0 Å². The lowest BCUT2D eigenvalue weighted by Gasteiger charge is -2.09. The molecule has 0 aliphatic rings. The Labute approximate surface area is 116 Å². The van der Waals surface area contributed by atoms with Crippen molar-refractivity contribution >= 4 is 5.82 Å². The van der Waals surface area contributed by atoms with E-state index in [1.807, 2.05) is 36.4 Å². The van der Waals surface area contributed by atoms with E-state index in [1.165, 1.54) is 0 Å². The quantitative estimate of drug-likeness (QED) is 0.766. The number of pyridine rings is 1. The molecule has 2 N–H and O–H groups in total. The molecule has 0 saturated heterocycles. The van der Waals surface area contributed by atoms with Crippen LogP contribution in [0, 0.1) is 11.3 Å². The number of hydrogen-bond acceptors (Lipinski definition) is 4. The van der Waals surface area contributed by atoms with Crippen molar-refractivity contribution in [3.8, 4) is 28.7 Å². The van der Waals surface area contributed by atoms with Crippen molar-refractivity contribution < 1.29 is 4.42 Å². The number of furan rings is 1. The molecule has 3 rings (SSSR count). The molecule has 4 heteroatoms. The van der Waals surface area contributed by atoms with Crippen molar-refractivity contribution in [2.45, 2.75) is 0 Å². The largest absolute Gasteiger partial charge is 0.463 e. The fourth-order valence-electron chi connectivity index (χ4n) is 2.06. The zero-order valence-electron chi connectivity index (χ0n) is 10.6. The summed E-state index contributed by atoms with van der Waals surface area (Å²) >= 11 is 0. The Morgan fingerprint density at radius 2 is 1.90 bits per heavy atom. The van der Waals surface area contributed by atoms with Crippen molar-refractivity contribution in [2.24, 2.45) is 0 Å². The van der Waals surface area contributed by atoms with Crippen LogP contribution >= 0.6 is 0 Å². The normalized spacial score (nSPS) is 10.2. The van der Waals surface area contributed by atoms with Crippen molar-refractivity contribution in [2.75, 3.05) is 5.73 Å². The number of nitrogen functional groups attached to an aromatic ring is 1. The van der Waals surface area contributed by atoms with Gasteiger partial charge in [-0.25, -0.2) is 4.98 Å². The van der Waals surface area contributed by atoms with Crippen molar-refractivity contribution in [1.82, 2.24) is 4.98 Å². The van der Waals surface area contributed by atoms with E-state index in [-0.39, 0.29) is 5.82 Å². The Morgan fingerprint density at radius 3 is 2.55 bits per heavy atom. The number of hydrogen-bond donors (Lipinski definition) is 1. The highest BCUT2D eigenvalue weighted by Gasteiger charge is 2.15. The number of rotatable bonds is 2. The predicted octanol–water partition coefficient (Wildman–Crippen LogP) is 3.46. The highest BCUT2D eigenvalue weighted by molar-refractivity contribution is 5.81. The van der Waals surface area contributed by atoms with Gasteiger partial charge in [-0.1, -0.05) is 30.3 Å². The molecule has 0 aliphatic heterocycles. The van der Waals surface area contributed by atoms with Crippen LogP contribution in [0.25, 0.3) is 22.6 Å². The van der Waals surface area contributed by atoms with Crippen molar-refractivity contribution in [3.63, 3.8) is 0 Å². The average molecular weight is 261 g/mol. The lowest BCUT2D eigenvalue weighted by Crippen LogP contribution is -1.98. The van der Waals surface area contributed by atoms with Crippen LogP contribution in [0.3, 0.4) is 0 Å². The van der Waals surface area contributed by atoms with Gasteiger partial charge in [-0.2, -0.15) is 5.26 Å². The van der Waals surface area contributed by atoms with Crippen LogP contribution in [0.4, 0.5) is 5.82 Å². The maximum atomic E-state index is 9.12. The number of nitriles is 1. The third kappa shape index (κ3) is 2.02. The number of nitrogens with zero attached hydrogens (tertiary/aromatic N) is 2. The molecular weight excluding hydrogens is 250 g/mol. The summed E-state index contributed by atoms with van der Waals surface area (Å²) in [5.74, 6) is 0.832. The van der Waals surface area contributed by atoms with Crippen LogP contribution in [-0.2, 0) is 0 Å². The molecule has 0 unspecified atom stereocenters. The monoisotopic (exact) mass is 261 g/mol. The van der Waals surface area contributed by atoms with Gasteiger partial charge in [0.05, 0.1) is 11.8 Å². The van der Waals surface area contributed by atoms with Gasteiger partial charge in [0, 0.05) is 5.56 Å². The lowest BCUT2D eigenvalue weighted by molar-refractivity contribution is 0.580. The Bertz CT molecular complexity index is 771. The molecule has 4 nitrogen and oxygen atoms in total. The molecule has 96 valence electrons. The maximum Gasteiger partial charge on any atom is 0.152 e. The Hall–Kier alpha value is -3.06. The summed E-state index contributed by atoms with van der Waals surface area (Å²) < 4.78 is 5.41. The first-order valence-electron chi connectivity index (χ1n) is 6.09. The molecule has 1 aromatic carbocycles. The van der Waals surface area contributed by atoms with Gasteiger partial charge in [-0.3, -0.25) is 0 Å². The molecule has 2 heterocycles. The number of nitrogens with two attached hydrogens (primary N) is 1. The minimum atomic E-state index is 0.207. The molecule has 0 radical (unpaired) electrons. The van der Waals surface area contributed by atoms with Crippen molar-refractivity contribution in [3.05, 3.63) is 60.4 Å². The van der Waals surface area contributed by atoms with Gasteiger partial charge >= 0.3 is 0 Å². The average Bonchev–Trinajstić information content (AvgIpc) is 3.02. The molecule has 20 heavy (non-hydrogen) atoms. The Balaban J connectivity index is 2.29. The van der Waals surface area contributed by atoms with Gasteiger partial charge in [-0.15, -0.1) is 0 Å². The lowest BCUT2D eigenvalue weighted by atomic mass is 10.0. The third-order valence-electron chi connectivity index (χ3n) is 3.01. The molecule has 0 saturated carbocycles. The molecule has 0 fully saturated rings. The van der Waals surface area contributed by atoms with Crippen LogP contribution < -0.4 is 5.73 Å². The summed E-state index contributed by atoms with van der Waals surface area (Å²) in [4.78, 5) is 4.32. The van der Waals surface area contributed by atoms with E-state index in [4.69, 9.17) is 15.4 Å². The second kappa shape index (κ2) is 4.90. The van der Waals surface area contributed by atoms with Gasteiger partial charge in [0.15, 0.2) is 5.76 Å². The van der Waals surface area contributed by atoms with Gasteiger partial charge in [0.2, 0.25) is 0 Å². The first kappa shape index (κ1) is 12.0. The van der Waals surface area contributed by atoms with Crippen molar-refractivity contribution in [1.29, 1.82) is 5.26 Å². The Morgan fingerprint density at radius 1 is 1.10 bits per heavy atom. The van der Waals surface area contributed by atoms with E-state index >= 15 is 0 Å². The van der Waals surface area contributed by atoms with Crippen LogP contribution in [-0.4, -0.2) is 4.98 Å². The number of benzene rings is 1. The molecule has 0 aliphatic carbocycles. The summed E-state index contributed by atoms with van der Waals surface area (Å²) in [5, 5.41) is 9.12. The second-order valence-electron chi connectivity index (χ2n) is 4.27. The first-order chi connectivity index (χ1) is 9.79. The smallest absolute Gasteiger partial charge is 0.152 e. The summed E-state index contributed by atoms with van der Waals surface area (Å²) in [6.45, 7) is 0. The van der Waals surface area contributed by atoms with Crippen LogP contribution in [0.1, 0.15) is 5.56 Å². The SMILES string of the molecule is N#Cc1cc(-c2ccccc2)c(-c2ccco2)nc1N. The van der Waals surface area contributed by atoms with E-state index in [9.17, 15) is 0 Å². The number of anilines is 1. The topological polar surface area (TPSA) is 75.8 Å². The van der Waals surface area contributed by atoms with E-state index in [0.29, 0.717) is 17.0 Å². The molecular formula is C16H11N3O. The van der Waals surface area contributed by atoms with Crippen LogP contribution in [0.15, 0.2) is 59.2 Å². The predicted molar refractivity (Wildman–Crippen MR) is 76.5 cm³/mol. The fourth-order valence-corrected chi connectivity index (χ4v) is 2.06.